The molecular weight excluding hydrogens is 366 g/mol. The molecule has 3 aromatic heterocycles. The highest BCUT2D eigenvalue weighted by Crippen LogP contribution is 2.42. The number of hydrogen-bond donors (Lipinski definition) is 1. The van der Waals surface area contributed by atoms with Crippen LogP contribution in [0.3, 0.4) is 0 Å². The smallest absolute Gasteiger partial charge is 0.140 e. The summed E-state index contributed by atoms with van der Waals surface area (Å²) in [4.78, 5) is 18.6. The highest BCUT2D eigenvalue weighted by Gasteiger charge is 2.36. The van der Waals surface area contributed by atoms with Gasteiger partial charge in [0.25, 0.3) is 0 Å². The van der Waals surface area contributed by atoms with Crippen LogP contribution in [0.5, 0.6) is 0 Å². The van der Waals surface area contributed by atoms with Gasteiger partial charge in [-0.1, -0.05) is 6.07 Å². The Morgan fingerprint density at radius 1 is 1.11 bits per heavy atom. The first kappa shape index (κ1) is 18.0. The standard InChI is InChI=1S/C22H27N5S/c1-14-4-3-9-23-19(14)20(16-5-6-16)26-17-7-10-27(11-8-17)21-18-12-15(2)28-22(18)25-13-24-21/h3-4,9,12-13,16-17,20,26H,5-8,10-11H2,1-2H3/t20-/m0/s1. The third-order valence-corrected chi connectivity index (χ3v) is 7.04. The van der Waals surface area contributed by atoms with Gasteiger partial charge in [0, 0.05) is 30.2 Å². The normalized spacial score (nSPS) is 19.3. The molecule has 1 atom stereocenters. The largest absolute Gasteiger partial charge is 0.356 e. The molecular formula is C22H27N5S. The number of anilines is 1. The average molecular weight is 394 g/mol. The molecule has 2 fully saturated rings. The predicted molar refractivity (Wildman–Crippen MR) is 115 cm³/mol. The van der Waals surface area contributed by atoms with Crippen molar-refractivity contribution in [2.75, 3.05) is 18.0 Å². The zero-order chi connectivity index (χ0) is 19.1. The quantitative estimate of drug-likeness (QED) is 0.696. The number of aromatic nitrogens is 3. The van der Waals surface area contributed by atoms with Gasteiger partial charge in [0.2, 0.25) is 0 Å². The van der Waals surface area contributed by atoms with E-state index in [0.29, 0.717) is 12.1 Å². The Balaban J connectivity index is 1.28. The Hall–Kier alpha value is -2.05. The molecule has 146 valence electrons. The van der Waals surface area contributed by atoms with Crippen molar-refractivity contribution in [2.45, 2.75) is 51.6 Å². The molecule has 5 rings (SSSR count). The van der Waals surface area contributed by atoms with Crippen molar-refractivity contribution in [1.82, 2.24) is 20.3 Å². The Morgan fingerprint density at radius 2 is 1.93 bits per heavy atom. The summed E-state index contributed by atoms with van der Waals surface area (Å²) in [5.74, 6) is 1.86. The van der Waals surface area contributed by atoms with Gasteiger partial charge < -0.3 is 10.2 Å². The Kier molecular flexibility index (Phi) is 4.77. The monoisotopic (exact) mass is 393 g/mol. The third kappa shape index (κ3) is 3.51. The molecule has 1 aliphatic heterocycles. The molecule has 28 heavy (non-hydrogen) atoms. The van der Waals surface area contributed by atoms with Crippen molar-refractivity contribution in [3.05, 3.63) is 46.9 Å². The first-order chi connectivity index (χ1) is 13.7. The number of piperidine rings is 1. The van der Waals surface area contributed by atoms with Crippen LogP contribution in [0.15, 0.2) is 30.7 Å². The molecule has 1 saturated heterocycles. The van der Waals surface area contributed by atoms with E-state index >= 15 is 0 Å². The van der Waals surface area contributed by atoms with E-state index in [4.69, 9.17) is 4.98 Å². The Bertz CT molecular complexity index is 972. The van der Waals surface area contributed by atoms with E-state index in [9.17, 15) is 0 Å². The minimum absolute atomic E-state index is 0.406. The van der Waals surface area contributed by atoms with Crippen LogP contribution in [0.4, 0.5) is 5.82 Å². The van der Waals surface area contributed by atoms with E-state index in [-0.39, 0.29) is 0 Å². The molecule has 0 aromatic carbocycles. The van der Waals surface area contributed by atoms with Crippen molar-refractivity contribution < 1.29 is 0 Å². The second kappa shape index (κ2) is 7.41. The summed E-state index contributed by atoms with van der Waals surface area (Å²) in [5.41, 5.74) is 2.55. The fraction of sp³-hybridized carbons (Fsp3) is 0.500. The van der Waals surface area contributed by atoms with Gasteiger partial charge in [0.15, 0.2) is 0 Å². The van der Waals surface area contributed by atoms with Gasteiger partial charge in [0.1, 0.15) is 17.0 Å². The number of thiophene rings is 1. The van der Waals surface area contributed by atoms with E-state index in [0.717, 1.165) is 42.5 Å². The zero-order valence-corrected chi connectivity index (χ0v) is 17.4. The van der Waals surface area contributed by atoms with E-state index < -0.39 is 0 Å². The van der Waals surface area contributed by atoms with Crippen molar-refractivity contribution >= 4 is 27.4 Å². The molecule has 2 aliphatic rings. The number of pyridine rings is 1. The second-order valence-corrected chi connectivity index (χ2v) is 9.46. The zero-order valence-electron chi connectivity index (χ0n) is 16.6. The van der Waals surface area contributed by atoms with E-state index in [1.807, 2.05) is 12.3 Å². The maximum atomic E-state index is 4.72. The van der Waals surface area contributed by atoms with E-state index in [2.05, 4.69) is 46.2 Å². The maximum absolute atomic E-state index is 4.72. The van der Waals surface area contributed by atoms with Crippen LogP contribution in [0.25, 0.3) is 10.2 Å². The topological polar surface area (TPSA) is 53.9 Å². The highest BCUT2D eigenvalue weighted by molar-refractivity contribution is 7.18. The lowest BCUT2D eigenvalue weighted by atomic mass is 9.98. The molecule has 0 radical (unpaired) electrons. The molecule has 0 unspecified atom stereocenters. The van der Waals surface area contributed by atoms with Crippen LogP contribution in [0, 0.1) is 19.8 Å². The first-order valence-corrected chi connectivity index (χ1v) is 11.1. The van der Waals surface area contributed by atoms with Crippen LogP contribution < -0.4 is 10.2 Å². The molecule has 1 aliphatic carbocycles. The first-order valence-electron chi connectivity index (χ1n) is 10.3. The molecule has 0 bridgehead atoms. The summed E-state index contributed by atoms with van der Waals surface area (Å²) in [6, 6.07) is 7.40. The van der Waals surface area contributed by atoms with Gasteiger partial charge in [-0.2, -0.15) is 0 Å². The van der Waals surface area contributed by atoms with Gasteiger partial charge in [-0.15, -0.1) is 11.3 Å². The van der Waals surface area contributed by atoms with Crippen molar-refractivity contribution in [1.29, 1.82) is 0 Å². The van der Waals surface area contributed by atoms with Gasteiger partial charge in [-0.05, 0) is 63.1 Å². The van der Waals surface area contributed by atoms with Crippen molar-refractivity contribution in [3.8, 4) is 0 Å². The lowest BCUT2D eigenvalue weighted by molar-refractivity contribution is 0.344. The Labute approximate surface area is 170 Å². The van der Waals surface area contributed by atoms with Crippen LogP contribution in [-0.4, -0.2) is 34.1 Å². The third-order valence-electron chi connectivity index (χ3n) is 6.08. The molecule has 4 heterocycles. The lowest BCUT2D eigenvalue weighted by Crippen LogP contribution is -2.44. The fourth-order valence-electron chi connectivity index (χ4n) is 4.42. The van der Waals surface area contributed by atoms with Crippen LogP contribution in [0.2, 0.25) is 0 Å². The SMILES string of the molecule is Cc1cc2c(N3CCC(N[C@H](c4ncccc4C)C4CC4)CC3)ncnc2s1. The summed E-state index contributed by atoms with van der Waals surface area (Å²) in [7, 11) is 0. The number of rotatable bonds is 5. The molecule has 0 spiro atoms. The molecule has 6 heteroatoms. The number of nitrogens with one attached hydrogen (secondary N) is 1. The maximum Gasteiger partial charge on any atom is 0.140 e. The minimum atomic E-state index is 0.406. The molecule has 1 N–H and O–H groups in total. The molecule has 1 saturated carbocycles. The van der Waals surface area contributed by atoms with Gasteiger partial charge in [-0.25, -0.2) is 9.97 Å². The Morgan fingerprint density at radius 3 is 2.68 bits per heavy atom. The number of nitrogens with zero attached hydrogens (tertiary/aromatic N) is 4. The average Bonchev–Trinajstić information content (AvgIpc) is 3.47. The second-order valence-electron chi connectivity index (χ2n) is 8.22. The van der Waals surface area contributed by atoms with Crippen LogP contribution >= 0.6 is 11.3 Å². The summed E-state index contributed by atoms with van der Waals surface area (Å²) in [5, 5.41) is 5.17. The summed E-state index contributed by atoms with van der Waals surface area (Å²) in [6.45, 7) is 6.41. The summed E-state index contributed by atoms with van der Waals surface area (Å²) < 4.78 is 0. The van der Waals surface area contributed by atoms with Crippen LogP contribution in [-0.2, 0) is 0 Å². The van der Waals surface area contributed by atoms with Crippen LogP contribution in [0.1, 0.15) is 47.9 Å². The lowest BCUT2D eigenvalue weighted by Gasteiger charge is -2.35. The number of hydrogen-bond acceptors (Lipinski definition) is 6. The number of fused-ring (bicyclic) bond motifs is 1. The molecule has 0 amide bonds. The minimum Gasteiger partial charge on any atom is -0.356 e. The summed E-state index contributed by atoms with van der Waals surface area (Å²) in [6.07, 6.45) is 8.58. The van der Waals surface area contributed by atoms with Crippen molar-refractivity contribution in [2.24, 2.45) is 5.92 Å². The van der Waals surface area contributed by atoms with Crippen molar-refractivity contribution in [3.63, 3.8) is 0 Å². The van der Waals surface area contributed by atoms with Gasteiger partial charge in [0.05, 0.1) is 17.1 Å². The fourth-order valence-corrected chi connectivity index (χ4v) is 5.26. The summed E-state index contributed by atoms with van der Waals surface area (Å²) >= 11 is 1.75. The number of aryl methyl sites for hydroxylation is 2. The van der Waals surface area contributed by atoms with Gasteiger partial charge >= 0.3 is 0 Å². The molecule has 3 aromatic rings. The van der Waals surface area contributed by atoms with E-state index in [1.54, 1.807) is 17.7 Å². The van der Waals surface area contributed by atoms with Gasteiger partial charge in [-0.3, -0.25) is 4.98 Å². The predicted octanol–water partition coefficient (Wildman–Crippen LogP) is 4.41. The van der Waals surface area contributed by atoms with E-state index in [1.165, 1.54) is 34.4 Å². The highest BCUT2D eigenvalue weighted by atomic mass is 32.1. The molecule has 5 nitrogen and oxygen atoms in total.